The number of carbonyl (C=O) groups is 1. The predicted octanol–water partition coefficient (Wildman–Crippen LogP) is 3.59. The molecule has 0 aliphatic heterocycles. The second kappa shape index (κ2) is 8.96. The van der Waals surface area contributed by atoms with Gasteiger partial charge in [-0.05, 0) is 48.5 Å². The van der Waals surface area contributed by atoms with Crippen LogP contribution in [0.2, 0.25) is 0 Å². The Morgan fingerprint density at radius 1 is 1.03 bits per heavy atom. The molecule has 0 unspecified atom stereocenters. The third kappa shape index (κ3) is 4.60. The molecule has 0 heterocycles. The maximum atomic E-state index is 13.1. The minimum absolute atomic E-state index is 0.0423. The smallest absolute Gasteiger partial charge is 0.264 e. The van der Waals surface area contributed by atoms with Gasteiger partial charge in [0.05, 0.1) is 17.7 Å². The summed E-state index contributed by atoms with van der Waals surface area (Å²) in [4.78, 5) is 12.5. The molecule has 0 atom stereocenters. The number of nitrogens with zero attached hydrogens (tertiary/aromatic N) is 1. The number of benzene rings is 3. The minimum Gasteiger partial charge on any atom is -0.496 e. The van der Waals surface area contributed by atoms with Gasteiger partial charge in [-0.25, -0.2) is 12.8 Å². The first-order valence-corrected chi connectivity index (χ1v) is 10.5. The van der Waals surface area contributed by atoms with Crippen molar-refractivity contribution in [1.82, 2.24) is 5.32 Å². The van der Waals surface area contributed by atoms with E-state index >= 15 is 0 Å². The highest BCUT2D eigenvalue weighted by Crippen LogP contribution is 2.23. The lowest BCUT2D eigenvalue weighted by atomic mass is 10.2. The van der Waals surface area contributed by atoms with E-state index in [9.17, 15) is 17.6 Å². The van der Waals surface area contributed by atoms with Crippen LogP contribution in [0.25, 0.3) is 0 Å². The first kappa shape index (κ1) is 21.3. The molecule has 30 heavy (non-hydrogen) atoms. The zero-order valence-corrected chi connectivity index (χ0v) is 17.3. The summed E-state index contributed by atoms with van der Waals surface area (Å²) in [5.41, 5.74) is 1.31. The van der Waals surface area contributed by atoms with E-state index in [2.05, 4.69) is 5.32 Å². The first-order chi connectivity index (χ1) is 14.3. The van der Waals surface area contributed by atoms with Crippen molar-refractivity contribution in [3.63, 3.8) is 0 Å². The molecule has 3 aromatic rings. The fourth-order valence-electron chi connectivity index (χ4n) is 2.87. The van der Waals surface area contributed by atoms with Crippen LogP contribution >= 0.6 is 0 Å². The second-order valence-corrected chi connectivity index (χ2v) is 8.44. The van der Waals surface area contributed by atoms with Gasteiger partial charge in [-0.2, -0.15) is 0 Å². The fraction of sp³-hybridized carbons (Fsp3) is 0.136. The predicted molar refractivity (Wildman–Crippen MR) is 113 cm³/mol. The third-order valence-corrected chi connectivity index (χ3v) is 6.36. The molecule has 156 valence electrons. The van der Waals surface area contributed by atoms with Gasteiger partial charge in [0.2, 0.25) is 0 Å². The summed E-state index contributed by atoms with van der Waals surface area (Å²) in [6.45, 7) is 0.231. The zero-order chi connectivity index (χ0) is 21.7. The van der Waals surface area contributed by atoms with Crippen LogP contribution in [0.5, 0.6) is 5.75 Å². The van der Waals surface area contributed by atoms with Crippen LogP contribution in [0.3, 0.4) is 0 Å². The Morgan fingerprint density at radius 2 is 1.73 bits per heavy atom. The Hall–Kier alpha value is -3.39. The summed E-state index contributed by atoms with van der Waals surface area (Å²) >= 11 is 0. The maximum Gasteiger partial charge on any atom is 0.264 e. The van der Waals surface area contributed by atoms with Gasteiger partial charge in [-0.15, -0.1) is 0 Å². The average Bonchev–Trinajstić information content (AvgIpc) is 2.77. The first-order valence-electron chi connectivity index (χ1n) is 9.07. The highest BCUT2D eigenvalue weighted by atomic mass is 32.2. The highest BCUT2D eigenvalue weighted by molar-refractivity contribution is 7.92. The number of methoxy groups -OCH3 is 1. The number of sulfonamides is 1. The lowest BCUT2D eigenvalue weighted by molar-refractivity contribution is 0.0950. The van der Waals surface area contributed by atoms with Crippen molar-refractivity contribution in [3.8, 4) is 5.75 Å². The Balaban J connectivity index is 1.79. The Bertz CT molecular complexity index is 1150. The molecule has 0 spiro atoms. The Kier molecular flexibility index (Phi) is 6.37. The van der Waals surface area contributed by atoms with E-state index in [-0.39, 0.29) is 17.0 Å². The molecule has 0 bridgehead atoms. The van der Waals surface area contributed by atoms with Gasteiger partial charge in [-0.3, -0.25) is 9.10 Å². The van der Waals surface area contributed by atoms with E-state index in [1.54, 1.807) is 13.2 Å². The largest absolute Gasteiger partial charge is 0.496 e. The molecule has 8 heteroatoms. The number of nitrogens with one attached hydrogen (secondary N) is 1. The highest BCUT2D eigenvalue weighted by Gasteiger charge is 2.22. The van der Waals surface area contributed by atoms with Crippen LogP contribution < -0.4 is 14.4 Å². The van der Waals surface area contributed by atoms with E-state index in [0.717, 1.165) is 9.87 Å². The van der Waals surface area contributed by atoms with Crippen molar-refractivity contribution < 1.29 is 22.3 Å². The van der Waals surface area contributed by atoms with Crippen LogP contribution in [-0.4, -0.2) is 28.5 Å². The van der Waals surface area contributed by atoms with E-state index in [4.69, 9.17) is 4.74 Å². The number of rotatable bonds is 7. The van der Waals surface area contributed by atoms with E-state index < -0.39 is 21.7 Å². The minimum atomic E-state index is -3.93. The van der Waals surface area contributed by atoms with Crippen LogP contribution in [0.1, 0.15) is 15.9 Å². The number of hydrogen-bond acceptors (Lipinski definition) is 4. The van der Waals surface area contributed by atoms with Gasteiger partial charge in [0.15, 0.2) is 0 Å². The summed E-state index contributed by atoms with van der Waals surface area (Å²) in [5, 5.41) is 2.77. The Morgan fingerprint density at radius 3 is 2.43 bits per heavy atom. The molecule has 0 saturated heterocycles. The molecule has 0 fully saturated rings. The fourth-order valence-corrected chi connectivity index (χ4v) is 4.11. The van der Waals surface area contributed by atoms with Crippen LogP contribution in [0.15, 0.2) is 77.7 Å². The zero-order valence-electron chi connectivity index (χ0n) is 16.5. The van der Waals surface area contributed by atoms with Crippen LogP contribution in [0, 0.1) is 5.82 Å². The monoisotopic (exact) mass is 428 g/mol. The maximum absolute atomic E-state index is 13.1. The SMILES string of the molecule is COc1ccccc1CNC(=O)c1cccc(S(=O)(=O)N(C)c2ccc(F)cc2)c1. The lowest BCUT2D eigenvalue weighted by Crippen LogP contribution is -2.27. The average molecular weight is 428 g/mol. The van der Waals surface area contributed by atoms with Crippen LogP contribution in [-0.2, 0) is 16.6 Å². The summed E-state index contributed by atoms with van der Waals surface area (Å²) in [6.07, 6.45) is 0. The van der Waals surface area contributed by atoms with Gasteiger partial charge in [0.25, 0.3) is 15.9 Å². The van der Waals surface area contributed by atoms with E-state index in [1.807, 2.05) is 18.2 Å². The molecule has 0 saturated carbocycles. The second-order valence-electron chi connectivity index (χ2n) is 6.47. The van der Waals surface area contributed by atoms with Crippen molar-refractivity contribution in [2.24, 2.45) is 0 Å². The molecule has 0 aromatic heterocycles. The van der Waals surface area contributed by atoms with Crippen molar-refractivity contribution in [3.05, 3.63) is 89.7 Å². The molecular formula is C22H21FN2O4S. The van der Waals surface area contributed by atoms with Crippen molar-refractivity contribution >= 4 is 21.6 Å². The number of halogens is 1. The summed E-state index contributed by atoms with van der Waals surface area (Å²) in [5.74, 6) is -0.226. The van der Waals surface area contributed by atoms with Gasteiger partial charge < -0.3 is 10.1 Å². The van der Waals surface area contributed by atoms with Crippen molar-refractivity contribution in [2.45, 2.75) is 11.4 Å². The number of ether oxygens (including phenoxy) is 1. The molecule has 6 nitrogen and oxygen atoms in total. The molecule has 1 N–H and O–H groups in total. The molecular weight excluding hydrogens is 407 g/mol. The third-order valence-electron chi connectivity index (χ3n) is 4.58. The van der Waals surface area contributed by atoms with Gasteiger partial charge in [0.1, 0.15) is 11.6 Å². The molecule has 3 rings (SSSR count). The number of para-hydroxylation sites is 1. The van der Waals surface area contributed by atoms with Gasteiger partial charge in [0, 0.05) is 24.7 Å². The molecule has 1 amide bonds. The van der Waals surface area contributed by atoms with Crippen LogP contribution in [0.4, 0.5) is 10.1 Å². The lowest BCUT2D eigenvalue weighted by Gasteiger charge is -2.20. The number of anilines is 1. The van der Waals surface area contributed by atoms with Crippen molar-refractivity contribution in [2.75, 3.05) is 18.5 Å². The van der Waals surface area contributed by atoms with E-state index in [1.165, 1.54) is 55.6 Å². The Labute approximate surface area is 175 Å². The number of amides is 1. The van der Waals surface area contributed by atoms with Gasteiger partial charge >= 0.3 is 0 Å². The van der Waals surface area contributed by atoms with Gasteiger partial charge in [-0.1, -0.05) is 24.3 Å². The quantitative estimate of drug-likeness (QED) is 0.624. The van der Waals surface area contributed by atoms with Crippen molar-refractivity contribution in [1.29, 1.82) is 0 Å². The summed E-state index contributed by atoms with van der Waals surface area (Å²) < 4.78 is 45.3. The summed E-state index contributed by atoms with van der Waals surface area (Å²) in [7, 11) is -1.01. The molecule has 0 radical (unpaired) electrons. The molecule has 0 aliphatic carbocycles. The molecule has 0 aliphatic rings. The van der Waals surface area contributed by atoms with E-state index in [0.29, 0.717) is 11.4 Å². The normalized spacial score (nSPS) is 11.0. The molecule has 3 aromatic carbocycles. The number of carbonyl (C=O) groups excluding carboxylic acids is 1. The number of hydrogen-bond donors (Lipinski definition) is 1. The topological polar surface area (TPSA) is 75.7 Å². The summed E-state index contributed by atoms with van der Waals surface area (Å²) in [6, 6.07) is 18.2. The standard InChI is InChI=1S/C22H21FN2O4S/c1-25(19-12-10-18(23)11-13-19)30(27,28)20-8-5-7-16(14-20)22(26)24-15-17-6-3-4-9-21(17)29-2/h3-14H,15H2,1-2H3,(H,24,26).